The normalized spacial score (nSPS) is 26.1. The topological polar surface area (TPSA) is 12.0 Å². The summed E-state index contributed by atoms with van der Waals surface area (Å²) < 4.78 is 0. The van der Waals surface area contributed by atoms with Crippen LogP contribution in [0.15, 0.2) is 16.8 Å². The molecule has 0 spiro atoms. The first-order valence-corrected chi connectivity index (χ1v) is 9.15. The van der Waals surface area contributed by atoms with Crippen LogP contribution >= 0.6 is 11.3 Å². The van der Waals surface area contributed by atoms with Crippen LogP contribution in [0.2, 0.25) is 0 Å². The van der Waals surface area contributed by atoms with Crippen molar-refractivity contribution in [2.24, 2.45) is 17.3 Å². The highest BCUT2D eigenvalue weighted by atomic mass is 32.1. The van der Waals surface area contributed by atoms with Gasteiger partial charge in [0.2, 0.25) is 0 Å². The SMILES string of the molecule is CC(C)NCC1CCC(C)(C)CC1CCc1ccsc1. The van der Waals surface area contributed by atoms with Gasteiger partial charge in [-0.05, 0) is 78.3 Å². The fourth-order valence-electron chi connectivity index (χ4n) is 3.57. The number of hydrogen-bond donors (Lipinski definition) is 1. The second-order valence-electron chi connectivity index (χ2n) is 7.66. The van der Waals surface area contributed by atoms with E-state index in [2.05, 4.69) is 49.8 Å². The molecular weight excluding hydrogens is 262 g/mol. The molecule has 0 aliphatic heterocycles. The predicted octanol–water partition coefficient (Wildman–Crippen LogP) is 5.12. The van der Waals surface area contributed by atoms with Crippen molar-refractivity contribution < 1.29 is 0 Å². The van der Waals surface area contributed by atoms with Crippen LogP contribution in [-0.4, -0.2) is 12.6 Å². The van der Waals surface area contributed by atoms with Crippen molar-refractivity contribution >= 4 is 11.3 Å². The molecule has 1 aromatic rings. The maximum atomic E-state index is 3.67. The Morgan fingerprint density at radius 1 is 1.35 bits per heavy atom. The van der Waals surface area contributed by atoms with Gasteiger partial charge in [-0.1, -0.05) is 27.7 Å². The standard InChI is InChI=1S/C18H31NS/c1-14(2)19-12-17-7-9-18(3,4)11-16(17)6-5-15-8-10-20-13-15/h8,10,13-14,16-17,19H,5-7,9,11-12H2,1-4H3. The van der Waals surface area contributed by atoms with Gasteiger partial charge in [-0.2, -0.15) is 11.3 Å². The third kappa shape index (κ3) is 4.89. The summed E-state index contributed by atoms with van der Waals surface area (Å²) in [7, 11) is 0. The lowest BCUT2D eigenvalue weighted by Crippen LogP contribution is -2.38. The Balaban J connectivity index is 1.91. The van der Waals surface area contributed by atoms with Gasteiger partial charge in [-0.3, -0.25) is 0 Å². The minimum Gasteiger partial charge on any atom is -0.314 e. The summed E-state index contributed by atoms with van der Waals surface area (Å²) in [5, 5.41) is 8.19. The molecule has 1 aromatic heterocycles. The lowest BCUT2D eigenvalue weighted by Gasteiger charge is -2.41. The first kappa shape index (κ1) is 16.0. The lowest BCUT2D eigenvalue weighted by molar-refractivity contribution is 0.109. The number of rotatable bonds is 6. The second kappa shape index (κ2) is 7.09. The van der Waals surface area contributed by atoms with E-state index in [0.29, 0.717) is 11.5 Å². The zero-order valence-electron chi connectivity index (χ0n) is 13.6. The third-order valence-electron chi connectivity index (χ3n) is 4.85. The molecule has 1 aliphatic rings. The van der Waals surface area contributed by atoms with Crippen molar-refractivity contribution in [1.82, 2.24) is 5.32 Å². The summed E-state index contributed by atoms with van der Waals surface area (Å²) in [4.78, 5) is 0. The van der Waals surface area contributed by atoms with Crippen molar-refractivity contribution in [1.29, 1.82) is 0 Å². The van der Waals surface area contributed by atoms with E-state index < -0.39 is 0 Å². The molecule has 20 heavy (non-hydrogen) atoms. The first-order chi connectivity index (χ1) is 9.46. The highest BCUT2D eigenvalue weighted by Crippen LogP contribution is 2.43. The number of thiophene rings is 1. The van der Waals surface area contributed by atoms with Gasteiger partial charge in [-0.15, -0.1) is 0 Å². The zero-order chi connectivity index (χ0) is 14.6. The van der Waals surface area contributed by atoms with Crippen molar-refractivity contribution in [2.45, 2.75) is 65.8 Å². The van der Waals surface area contributed by atoms with Crippen LogP contribution in [0.4, 0.5) is 0 Å². The van der Waals surface area contributed by atoms with Crippen LogP contribution in [0, 0.1) is 17.3 Å². The zero-order valence-corrected chi connectivity index (χ0v) is 14.4. The van der Waals surface area contributed by atoms with Gasteiger partial charge in [0, 0.05) is 6.04 Å². The predicted molar refractivity (Wildman–Crippen MR) is 90.4 cm³/mol. The van der Waals surface area contributed by atoms with E-state index in [1.807, 2.05) is 11.3 Å². The summed E-state index contributed by atoms with van der Waals surface area (Å²) in [6.45, 7) is 10.6. The molecule has 1 nitrogen and oxygen atoms in total. The van der Waals surface area contributed by atoms with E-state index in [1.165, 1.54) is 44.2 Å². The summed E-state index contributed by atoms with van der Waals surface area (Å²) in [6, 6.07) is 2.91. The maximum Gasteiger partial charge on any atom is 0.00104 e. The fraction of sp³-hybridized carbons (Fsp3) is 0.778. The maximum absolute atomic E-state index is 3.67. The molecule has 114 valence electrons. The average molecular weight is 294 g/mol. The van der Waals surface area contributed by atoms with Crippen LogP contribution in [0.5, 0.6) is 0 Å². The van der Waals surface area contributed by atoms with E-state index in [0.717, 1.165) is 11.8 Å². The molecule has 2 rings (SSSR count). The Morgan fingerprint density at radius 2 is 2.15 bits per heavy atom. The molecule has 2 unspecified atom stereocenters. The third-order valence-corrected chi connectivity index (χ3v) is 5.58. The van der Waals surface area contributed by atoms with Crippen molar-refractivity contribution in [2.75, 3.05) is 6.54 Å². The van der Waals surface area contributed by atoms with Gasteiger partial charge in [0.1, 0.15) is 0 Å². The highest BCUT2D eigenvalue weighted by Gasteiger charge is 2.34. The minimum absolute atomic E-state index is 0.549. The monoisotopic (exact) mass is 293 g/mol. The van der Waals surface area contributed by atoms with Crippen LogP contribution in [0.25, 0.3) is 0 Å². The van der Waals surface area contributed by atoms with Gasteiger partial charge in [0.15, 0.2) is 0 Å². The van der Waals surface area contributed by atoms with Crippen LogP contribution in [0.3, 0.4) is 0 Å². The molecule has 0 aromatic carbocycles. The smallest absolute Gasteiger partial charge is 0.00104 e. The van der Waals surface area contributed by atoms with E-state index in [9.17, 15) is 0 Å². The Hall–Kier alpha value is -0.340. The molecular formula is C18H31NS. The van der Waals surface area contributed by atoms with E-state index >= 15 is 0 Å². The number of nitrogens with one attached hydrogen (secondary N) is 1. The molecule has 1 saturated carbocycles. The quantitative estimate of drug-likeness (QED) is 0.767. The molecule has 1 N–H and O–H groups in total. The summed E-state index contributed by atoms with van der Waals surface area (Å²) in [5.74, 6) is 1.77. The number of aryl methyl sites for hydroxylation is 1. The average Bonchev–Trinajstić information content (AvgIpc) is 2.87. The van der Waals surface area contributed by atoms with Gasteiger partial charge in [0.25, 0.3) is 0 Å². The van der Waals surface area contributed by atoms with Gasteiger partial charge < -0.3 is 5.32 Å². The molecule has 1 heterocycles. The summed E-state index contributed by atoms with van der Waals surface area (Å²) >= 11 is 1.83. The molecule has 0 radical (unpaired) electrons. The Bertz CT molecular complexity index is 378. The lowest BCUT2D eigenvalue weighted by atomic mass is 9.65. The van der Waals surface area contributed by atoms with E-state index in [-0.39, 0.29) is 0 Å². The summed E-state index contributed by atoms with van der Waals surface area (Å²) in [6.07, 6.45) is 6.84. The Labute approximate surface area is 129 Å². The van der Waals surface area contributed by atoms with Crippen LogP contribution in [-0.2, 0) is 6.42 Å². The largest absolute Gasteiger partial charge is 0.314 e. The summed E-state index contributed by atoms with van der Waals surface area (Å²) in [5.41, 5.74) is 2.09. The molecule has 2 heteroatoms. The van der Waals surface area contributed by atoms with Crippen molar-refractivity contribution in [3.63, 3.8) is 0 Å². The van der Waals surface area contributed by atoms with E-state index in [4.69, 9.17) is 0 Å². The van der Waals surface area contributed by atoms with Crippen molar-refractivity contribution in [3.8, 4) is 0 Å². The minimum atomic E-state index is 0.549. The van der Waals surface area contributed by atoms with Crippen LogP contribution < -0.4 is 5.32 Å². The van der Waals surface area contributed by atoms with Gasteiger partial charge in [-0.25, -0.2) is 0 Å². The fourth-order valence-corrected chi connectivity index (χ4v) is 4.27. The van der Waals surface area contributed by atoms with Crippen molar-refractivity contribution in [3.05, 3.63) is 22.4 Å². The molecule has 0 amide bonds. The molecule has 1 aliphatic carbocycles. The Kier molecular flexibility index (Phi) is 5.68. The first-order valence-electron chi connectivity index (χ1n) is 8.21. The Morgan fingerprint density at radius 3 is 2.80 bits per heavy atom. The molecule has 1 fully saturated rings. The van der Waals surface area contributed by atoms with Gasteiger partial charge >= 0.3 is 0 Å². The molecule has 0 bridgehead atoms. The van der Waals surface area contributed by atoms with E-state index in [1.54, 1.807) is 0 Å². The molecule has 0 saturated heterocycles. The molecule has 2 atom stereocenters. The second-order valence-corrected chi connectivity index (χ2v) is 8.44. The van der Waals surface area contributed by atoms with Crippen LogP contribution in [0.1, 0.15) is 58.9 Å². The highest BCUT2D eigenvalue weighted by molar-refractivity contribution is 7.07. The van der Waals surface area contributed by atoms with Gasteiger partial charge in [0.05, 0.1) is 0 Å². The number of hydrogen-bond acceptors (Lipinski definition) is 2.